The summed E-state index contributed by atoms with van der Waals surface area (Å²) in [5.41, 5.74) is 1.17. The zero-order chi connectivity index (χ0) is 14.0. The molecule has 0 heterocycles. The molecule has 1 aromatic carbocycles. The van der Waals surface area contributed by atoms with Gasteiger partial charge >= 0.3 is 0 Å². The summed E-state index contributed by atoms with van der Waals surface area (Å²) in [5, 5.41) is 3.42. The molecular formula is C14H21NO3S. The zero-order valence-corrected chi connectivity index (χ0v) is 12.5. The third-order valence-corrected chi connectivity index (χ3v) is 4.83. The maximum atomic E-state index is 11.6. The van der Waals surface area contributed by atoms with Gasteiger partial charge in [-0.25, -0.2) is 8.42 Å². The second-order valence-electron chi connectivity index (χ2n) is 5.11. The van der Waals surface area contributed by atoms with E-state index in [-0.39, 0.29) is 4.90 Å². The summed E-state index contributed by atoms with van der Waals surface area (Å²) >= 11 is 0. The van der Waals surface area contributed by atoms with Gasteiger partial charge in [0.1, 0.15) is 10.6 Å². The predicted molar refractivity (Wildman–Crippen MR) is 75.5 cm³/mol. The van der Waals surface area contributed by atoms with Crippen LogP contribution < -0.4 is 10.1 Å². The van der Waals surface area contributed by atoms with E-state index in [4.69, 9.17) is 4.74 Å². The first-order valence-corrected chi connectivity index (χ1v) is 8.46. The van der Waals surface area contributed by atoms with Crippen LogP contribution in [0.3, 0.4) is 0 Å². The highest BCUT2D eigenvalue weighted by molar-refractivity contribution is 7.90. The van der Waals surface area contributed by atoms with Crippen LogP contribution in [0.2, 0.25) is 0 Å². The molecule has 0 radical (unpaired) electrons. The Kier molecular flexibility index (Phi) is 4.16. The molecule has 5 heteroatoms. The summed E-state index contributed by atoms with van der Waals surface area (Å²) in [5.74, 6) is 0.957. The average Bonchev–Trinajstić information content (AvgIpc) is 2.31. The summed E-state index contributed by atoms with van der Waals surface area (Å²) < 4.78 is 28.5. The van der Waals surface area contributed by atoms with Gasteiger partial charge in [0.05, 0.1) is 7.11 Å². The van der Waals surface area contributed by atoms with Gasteiger partial charge < -0.3 is 10.1 Å². The lowest BCUT2D eigenvalue weighted by molar-refractivity contribution is 0.295. The summed E-state index contributed by atoms with van der Waals surface area (Å²) in [7, 11) is -1.72. The minimum atomic E-state index is -3.23. The maximum absolute atomic E-state index is 11.6. The molecule has 0 spiro atoms. The Balaban J connectivity index is 2.17. The number of benzene rings is 1. The van der Waals surface area contributed by atoms with Crippen LogP contribution in [0.15, 0.2) is 23.1 Å². The number of hydrogen-bond acceptors (Lipinski definition) is 4. The second kappa shape index (κ2) is 5.51. The highest BCUT2D eigenvalue weighted by atomic mass is 32.2. The Hall–Kier alpha value is -1.07. The molecule has 0 aromatic heterocycles. The minimum absolute atomic E-state index is 0.265. The minimum Gasteiger partial charge on any atom is -0.495 e. The molecule has 0 amide bonds. The molecule has 1 aliphatic carbocycles. The maximum Gasteiger partial charge on any atom is 0.179 e. The summed E-state index contributed by atoms with van der Waals surface area (Å²) in [6.07, 6.45) is 3.42. The topological polar surface area (TPSA) is 55.4 Å². The van der Waals surface area contributed by atoms with E-state index in [9.17, 15) is 8.42 Å². The molecule has 106 valence electrons. The van der Waals surface area contributed by atoms with E-state index < -0.39 is 9.84 Å². The van der Waals surface area contributed by atoms with Crippen LogP contribution in [0.4, 0.5) is 0 Å². The van der Waals surface area contributed by atoms with Gasteiger partial charge in [0.15, 0.2) is 9.84 Å². The van der Waals surface area contributed by atoms with E-state index in [1.165, 1.54) is 18.9 Å². The van der Waals surface area contributed by atoms with E-state index in [0.29, 0.717) is 17.7 Å². The van der Waals surface area contributed by atoms with Crippen LogP contribution >= 0.6 is 0 Å². The van der Waals surface area contributed by atoms with Gasteiger partial charge in [-0.3, -0.25) is 0 Å². The van der Waals surface area contributed by atoms with Crippen LogP contribution in [0.5, 0.6) is 5.75 Å². The first-order valence-electron chi connectivity index (χ1n) is 6.57. The smallest absolute Gasteiger partial charge is 0.179 e. The molecule has 1 aliphatic rings. The Morgan fingerprint density at radius 2 is 2.05 bits per heavy atom. The van der Waals surface area contributed by atoms with Crippen LogP contribution in [-0.4, -0.2) is 34.4 Å². The van der Waals surface area contributed by atoms with Crippen molar-refractivity contribution in [3.8, 4) is 5.75 Å². The lowest BCUT2D eigenvalue weighted by Crippen LogP contribution is -2.39. The fourth-order valence-electron chi connectivity index (χ4n) is 2.59. The van der Waals surface area contributed by atoms with Crippen LogP contribution in [0, 0.1) is 0 Å². The number of nitrogens with one attached hydrogen (secondary N) is 1. The summed E-state index contributed by atoms with van der Waals surface area (Å²) in [6.45, 7) is 3.10. The Labute approximate surface area is 115 Å². The van der Waals surface area contributed by atoms with Gasteiger partial charge in [0.2, 0.25) is 0 Å². The third-order valence-electron chi connectivity index (χ3n) is 3.69. The molecular weight excluding hydrogens is 262 g/mol. The SMILES string of the molecule is CCNC1CC(c2ccc(S(C)(=O)=O)c(OC)c2)C1. The largest absolute Gasteiger partial charge is 0.495 e. The standard InChI is InChI=1S/C14H21NO3S/c1-4-15-12-7-11(8-12)10-5-6-14(19(3,16)17)13(9-10)18-2/h5-6,9,11-12,15H,4,7-8H2,1-3H3. The molecule has 1 N–H and O–H groups in total. The van der Waals surface area contributed by atoms with Gasteiger partial charge in [-0.1, -0.05) is 13.0 Å². The first-order chi connectivity index (χ1) is 8.95. The number of sulfone groups is 1. The van der Waals surface area contributed by atoms with Crippen molar-refractivity contribution in [2.75, 3.05) is 19.9 Å². The highest BCUT2D eigenvalue weighted by Gasteiger charge is 2.30. The van der Waals surface area contributed by atoms with Gasteiger partial charge in [-0.05, 0) is 43.0 Å². The van der Waals surface area contributed by atoms with Crippen molar-refractivity contribution in [1.82, 2.24) is 5.32 Å². The quantitative estimate of drug-likeness (QED) is 0.897. The van der Waals surface area contributed by atoms with E-state index >= 15 is 0 Å². The molecule has 0 atom stereocenters. The molecule has 4 nitrogen and oxygen atoms in total. The molecule has 2 rings (SSSR count). The average molecular weight is 283 g/mol. The molecule has 19 heavy (non-hydrogen) atoms. The van der Waals surface area contributed by atoms with Crippen molar-refractivity contribution >= 4 is 9.84 Å². The van der Waals surface area contributed by atoms with Crippen LogP contribution in [-0.2, 0) is 9.84 Å². The number of ether oxygens (including phenoxy) is 1. The fraction of sp³-hybridized carbons (Fsp3) is 0.571. The number of methoxy groups -OCH3 is 1. The molecule has 0 unspecified atom stereocenters. The summed E-state index contributed by atoms with van der Waals surface area (Å²) in [4.78, 5) is 0.265. The lowest BCUT2D eigenvalue weighted by Gasteiger charge is -2.36. The zero-order valence-electron chi connectivity index (χ0n) is 11.6. The first kappa shape index (κ1) is 14.3. The molecule has 1 fully saturated rings. The summed E-state index contributed by atoms with van der Waals surface area (Å²) in [6, 6.07) is 6.02. The van der Waals surface area contributed by atoms with Gasteiger partial charge in [-0.2, -0.15) is 0 Å². The van der Waals surface area contributed by atoms with Gasteiger partial charge in [0.25, 0.3) is 0 Å². The van der Waals surface area contributed by atoms with E-state index in [1.54, 1.807) is 6.07 Å². The Bertz CT molecular complexity index is 548. The van der Waals surface area contributed by atoms with Crippen molar-refractivity contribution in [3.63, 3.8) is 0 Å². The Morgan fingerprint density at radius 3 is 2.58 bits per heavy atom. The Morgan fingerprint density at radius 1 is 1.37 bits per heavy atom. The van der Waals surface area contributed by atoms with Crippen molar-refractivity contribution < 1.29 is 13.2 Å². The third kappa shape index (κ3) is 3.09. The number of hydrogen-bond donors (Lipinski definition) is 1. The molecule has 0 saturated heterocycles. The molecule has 1 saturated carbocycles. The van der Waals surface area contributed by atoms with Crippen LogP contribution in [0.1, 0.15) is 31.2 Å². The van der Waals surface area contributed by atoms with E-state index in [0.717, 1.165) is 19.4 Å². The van der Waals surface area contributed by atoms with Crippen molar-refractivity contribution in [2.45, 2.75) is 36.6 Å². The molecule has 0 aliphatic heterocycles. The number of rotatable bonds is 5. The lowest BCUT2D eigenvalue weighted by atomic mass is 9.76. The molecule has 0 bridgehead atoms. The normalized spacial score (nSPS) is 22.9. The molecule has 1 aromatic rings. The van der Waals surface area contributed by atoms with E-state index in [1.807, 2.05) is 12.1 Å². The monoisotopic (exact) mass is 283 g/mol. The van der Waals surface area contributed by atoms with Crippen molar-refractivity contribution in [3.05, 3.63) is 23.8 Å². The fourth-order valence-corrected chi connectivity index (χ4v) is 3.41. The van der Waals surface area contributed by atoms with Crippen molar-refractivity contribution in [2.24, 2.45) is 0 Å². The predicted octanol–water partition coefficient (Wildman–Crippen LogP) is 1.95. The van der Waals surface area contributed by atoms with Crippen LogP contribution in [0.25, 0.3) is 0 Å². The van der Waals surface area contributed by atoms with Gasteiger partial charge in [0, 0.05) is 12.3 Å². The van der Waals surface area contributed by atoms with E-state index in [2.05, 4.69) is 12.2 Å². The van der Waals surface area contributed by atoms with Crippen molar-refractivity contribution in [1.29, 1.82) is 0 Å². The second-order valence-corrected chi connectivity index (χ2v) is 7.09. The highest BCUT2D eigenvalue weighted by Crippen LogP contribution is 2.39. The van der Waals surface area contributed by atoms with Gasteiger partial charge in [-0.15, -0.1) is 0 Å².